The summed E-state index contributed by atoms with van der Waals surface area (Å²) in [5, 5.41) is 2.17. The van der Waals surface area contributed by atoms with Crippen LogP contribution in [0.5, 0.6) is 0 Å². The summed E-state index contributed by atoms with van der Waals surface area (Å²) in [4.78, 5) is 10.7. The van der Waals surface area contributed by atoms with Crippen molar-refractivity contribution in [2.45, 2.75) is 32.7 Å². The van der Waals surface area contributed by atoms with Crippen molar-refractivity contribution in [3.63, 3.8) is 0 Å². The van der Waals surface area contributed by atoms with Crippen LogP contribution in [0, 0.1) is 5.92 Å². The Morgan fingerprint density at radius 2 is 2.24 bits per heavy atom. The molecule has 2 heterocycles. The molecule has 2 rings (SSSR count). The molecule has 4 nitrogen and oxygen atoms in total. The SMILES string of the molecule is CCN(CC)C(N)=NCC1CCCN(C)C1c1cccs1. The molecule has 1 fully saturated rings. The van der Waals surface area contributed by atoms with Crippen molar-refractivity contribution < 1.29 is 0 Å². The van der Waals surface area contributed by atoms with E-state index >= 15 is 0 Å². The van der Waals surface area contributed by atoms with Crippen molar-refractivity contribution in [1.82, 2.24) is 9.80 Å². The monoisotopic (exact) mass is 308 g/mol. The number of likely N-dealkylation sites (tertiary alicyclic amines) is 1. The fourth-order valence-corrected chi connectivity index (χ4v) is 4.20. The number of piperidine rings is 1. The van der Waals surface area contributed by atoms with Gasteiger partial charge in [0.25, 0.3) is 0 Å². The van der Waals surface area contributed by atoms with Crippen LogP contribution in [0.2, 0.25) is 0 Å². The fourth-order valence-electron chi connectivity index (χ4n) is 3.22. The number of hydrogen-bond donors (Lipinski definition) is 1. The Morgan fingerprint density at radius 1 is 1.48 bits per heavy atom. The summed E-state index contributed by atoms with van der Waals surface area (Å²) < 4.78 is 0. The van der Waals surface area contributed by atoms with E-state index in [2.05, 4.69) is 53.2 Å². The lowest BCUT2D eigenvalue weighted by Gasteiger charge is -2.38. The van der Waals surface area contributed by atoms with Crippen LogP contribution in [0.15, 0.2) is 22.5 Å². The molecule has 0 aromatic carbocycles. The topological polar surface area (TPSA) is 44.9 Å². The molecular weight excluding hydrogens is 280 g/mol. The second-order valence-electron chi connectivity index (χ2n) is 5.71. The van der Waals surface area contributed by atoms with E-state index in [9.17, 15) is 0 Å². The van der Waals surface area contributed by atoms with Crippen LogP contribution in [0.4, 0.5) is 0 Å². The van der Waals surface area contributed by atoms with Gasteiger partial charge < -0.3 is 10.6 Å². The molecule has 1 aliphatic rings. The molecule has 1 aromatic rings. The molecule has 1 saturated heterocycles. The molecule has 21 heavy (non-hydrogen) atoms. The number of thiophene rings is 1. The van der Waals surface area contributed by atoms with Gasteiger partial charge in [-0.25, -0.2) is 0 Å². The van der Waals surface area contributed by atoms with Gasteiger partial charge in [-0.3, -0.25) is 9.89 Å². The van der Waals surface area contributed by atoms with E-state index in [0.717, 1.165) is 19.6 Å². The molecule has 0 aliphatic carbocycles. The Morgan fingerprint density at radius 3 is 2.86 bits per heavy atom. The fraction of sp³-hybridized carbons (Fsp3) is 0.688. The van der Waals surface area contributed by atoms with Gasteiger partial charge in [0.1, 0.15) is 0 Å². The van der Waals surface area contributed by atoms with Gasteiger partial charge in [-0.2, -0.15) is 0 Å². The zero-order chi connectivity index (χ0) is 15.2. The van der Waals surface area contributed by atoms with Crippen molar-refractivity contribution in [2.24, 2.45) is 16.6 Å². The molecule has 2 N–H and O–H groups in total. The first-order chi connectivity index (χ1) is 10.2. The van der Waals surface area contributed by atoms with Crippen molar-refractivity contribution in [1.29, 1.82) is 0 Å². The number of aliphatic imine (C=N–C) groups is 1. The Balaban J connectivity index is 2.07. The van der Waals surface area contributed by atoms with Gasteiger partial charge in [0.2, 0.25) is 0 Å². The molecule has 1 aliphatic heterocycles. The highest BCUT2D eigenvalue weighted by atomic mass is 32.1. The van der Waals surface area contributed by atoms with E-state index in [1.165, 1.54) is 24.3 Å². The minimum atomic E-state index is 0.493. The smallest absolute Gasteiger partial charge is 0.191 e. The number of hydrogen-bond acceptors (Lipinski definition) is 3. The first-order valence-corrected chi connectivity index (χ1v) is 8.83. The normalized spacial score (nSPS) is 24.2. The summed E-state index contributed by atoms with van der Waals surface area (Å²) in [6, 6.07) is 4.89. The summed E-state index contributed by atoms with van der Waals surface area (Å²) in [6.45, 7) is 8.09. The highest BCUT2D eigenvalue weighted by molar-refractivity contribution is 7.10. The maximum Gasteiger partial charge on any atom is 0.191 e. The highest BCUT2D eigenvalue weighted by Crippen LogP contribution is 2.37. The number of guanidine groups is 1. The van der Waals surface area contributed by atoms with Gasteiger partial charge in [-0.15, -0.1) is 11.3 Å². The molecule has 1 aromatic heterocycles. The van der Waals surface area contributed by atoms with Crippen LogP contribution in [0.1, 0.15) is 37.6 Å². The van der Waals surface area contributed by atoms with Crippen LogP contribution < -0.4 is 5.73 Å². The first kappa shape index (κ1) is 16.3. The van der Waals surface area contributed by atoms with E-state index in [1.807, 2.05) is 11.3 Å². The largest absolute Gasteiger partial charge is 0.370 e. The van der Waals surface area contributed by atoms with E-state index < -0.39 is 0 Å². The number of nitrogens with zero attached hydrogens (tertiary/aromatic N) is 3. The predicted molar refractivity (Wildman–Crippen MR) is 91.8 cm³/mol. The lowest BCUT2D eigenvalue weighted by molar-refractivity contribution is 0.128. The van der Waals surface area contributed by atoms with Crippen molar-refractivity contribution in [3.05, 3.63) is 22.4 Å². The zero-order valence-corrected chi connectivity index (χ0v) is 14.3. The van der Waals surface area contributed by atoms with Crippen LogP contribution in [0.25, 0.3) is 0 Å². The summed E-state index contributed by atoms with van der Waals surface area (Å²) in [6.07, 6.45) is 2.49. The summed E-state index contributed by atoms with van der Waals surface area (Å²) in [7, 11) is 2.23. The maximum atomic E-state index is 6.12. The van der Waals surface area contributed by atoms with Crippen molar-refractivity contribution in [2.75, 3.05) is 33.2 Å². The third kappa shape index (κ3) is 3.98. The van der Waals surface area contributed by atoms with Crippen LogP contribution in [-0.2, 0) is 0 Å². The predicted octanol–water partition coefficient (Wildman–Crippen LogP) is 2.79. The zero-order valence-electron chi connectivity index (χ0n) is 13.5. The van der Waals surface area contributed by atoms with Crippen LogP contribution in [0.3, 0.4) is 0 Å². The van der Waals surface area contributed by atoms with E-state index in [4.69, 9.17) is 5.73 Å². The van der Waals surface area contributed by atoms with E-state index in [-0.39, 0.29) is 0 Å². The highest BCUT2D eigenvalue weighted by Gasteiger charge is 2.31. The summed E-state index contributed by atoms with van der Waals surface area (Å²) in [5.74, 6) is 1.26. The van der Waals surface area contributed by atoms with Gasteiger partial charge in [-0.1, -0.05) is 6.07 Å². The molecule has 118 valence electrons. The van der Waals surface area contributed by atoms with Gasteiger partial charge >= 0.3 is 0 Å². The minimum absolute atomic E-state index is 0.493. The number of nitrogens with two attached hydrogens (primary N) is 1. The lowest BCUT2D eigenvalue weighted by Crippen LogP contribution is -2.39. The van der Waals surface area contributed by atoms with Crippen molar-refractivity contribution >= 4 is 17.3 Å². The number of rotatable bonds is 5. The molecule has 0 saturated carbocycles. The Labute approximate surface area is 132 Å². The van der Waals surface area contributed by atoms with E-state index in [0.29, 0.717) is 17.9 Å². The molecule has 2 unspecified atom stereocenters. The lowest BCUT2D eigenvalue weighted by atomic mass is 9.88. The average molecular weight is 308 g/mol. The summed E-state index contributed by atoms with van der Waals surface area (Å²) in [5.41, 5.74) is 6.12. The van der Waals surface area contributed by atoms with Gasteiger partial charge in [0.05, 0.1) is 0 Å². The van der Waals surface area contributed by atoms with Gasteiger partial charge in [-0.05, 0) is 57.6 Å². The van der Waals surface area contributed by atoms with Crippen molar-refractivity contribution in [3.8, 4) is 0 Å². The Hall–Kier alpha value is -1.07. The van der Waals surface area contributed by atoms with Gasteiger partial charge in [0, 0.05) is 30.6 Å². The maximum absolute atomic E-state index is 6.12. The molecule has 0 bridgehead atoms. The first-order valence-electron chi connectivity index (χ1n) is 7.95. The molecule has 2 atom stereocenters. The minimum Gasteiger partial charge on any atom is -0.370 e. The Kier molecular flexibility index (Phi) is 6.06. The second kappa shape index (κ2) is 7.80. The summed E-state index contributed by atoms with van der Waals surface area (Å²) >= 11 is 1.85. The molecular formula is C16H28N4S. The molecule has 0 radical (unpaired) electrons. The van der Waals surface area contributed by atoms with Gasteiger partial charge in [0.15, 0.2) is 5.96 Å². The van der Waals surface area contributed by atoms with E-state index in [1.54, 1.807) is 0 Å². The van der Waals surface area contributed by atoms with Crippen LogP contribution in [-0.4, -0.2) is 49.0 Å². The third-order valence-electron chi connectivity index (χ3n) is 4.42. The average Bonchev–Trinajstić information content (AvgIpc) is 3.00. The molecule has 0 amide bonds. The standard InChI is InChI=1S/C16H28N4S/c1-4-20(5-2)16(17)18-12-13-8-6-10-19(3)15(13)14-9-7-11-21-14/h7,9,11,13,15H,4-6,8,10,12H2,1-3H3,(H2,17,18). The third-order valence-corrected chi connectivity index (χ3v) is 5.36. The quantitative estimate of drug-likeness (QED) is 0.672. The molecule has 0 spiro atoms. The van der Waals surface area contributed by atoms with Crippen LogP contribution >= 0.6 is 11.3 Å². The second-order valence-corrected chi connectivity index (χ2v) is 6.69. The Bertz CT molecular complexity index is 439. The molecule has 5 heteroatoms.